The molecule has 0 fully saturated rings. The summed E-state index contributed by atoms with van der Waals surface area (Å²) in [6.45, 7) is 0.559. The predicted molar refractivity (Wildman–Crippen MR) is 78.9 cm³/mol. The molecule has 0 saturated carbocycles. The van der Waals surface area contributed by atoms with Crippen LogP contribution in [-0.2, 0) is 11.3 Å². The van der Waals surface area contributed by atoms with Gasteiger partial charge in [0, 0.05) is 18.6 Å². The Balaban J connectivity index is 2.51. The maximum Gasteiger partial charge on any atom is 0.239 e. The minimum Gasteiger partial charge on any atom is -0.340 e. The second-order valence-electron chi connectivity index (χ2n) is 4.21. The van der Waals surface area contributed by atoms with E-state index in [1.165, 1.54) is 0 Å². The number of hydrogen-bond acceptors (Lipinski definition) is 3. The van der Waals surface area contributed by atoms with Gasteiger partial charge >= 0.3 is 0 Å². The first-order chi connectivity index (χ1) is 8.54. The number of nitrogens with two attached hydrogens (primary N) is 1. The highest BCUT2D eigenvalue weighted by molar-refractivity contribution is 7.98. The van der Waals surface area contributed by atoms with Crippen LogP contribution < -0.4 is 5.73 Å². The zero-order valence-electron chi connectivity index (χ0n) is 10.7. The SMILES string of the molecule is CSCC[C@H](N)C(=O)N(C)Cc1ccc(Cl)cc1. The number of rotatable bonds is 6. The normalized spacial score (nSPS) is 12.2. The number of thioether (sulfide) groups is 1. The molecule has 1 amide bonds. The van der Waals surface area contributed by atoms with Crippen molar-refractivity contribution < 1.29 is 4.79 Å². The molecular weight excluding hydrogens is 268 g/mol. The van der Waals surface area contributed by atoms with Gasteiger partial charge in [-0.15, -0.1) is 0 Å². The van der Waals surface area contributed by atoms with E-state index in [9.17, 15) is 4.79 Å². The molecule has 18 heavy (non-hydrogen) atoms. The van der Waals surface area contributed by atoms with Crippen LogP contribution in [0.1, 0.15) is 12.0 Å². The number of amides is 1. The molecular formula is C13H19ClN2OS. The fourth-order valence-electron chi connectivity index (χ4n) is 1.59. The van der Waals surface area contributed by atoms with Gasteiger partial charge in [0.15, 0.2) is 0 Å². The Morgan fingerprint density at radius 1 is 1.44 bits per heavy atom. The summed E-state index contributed by atoms with van der Waals surface area (Å²) in [6, 6.07) is 7.07. The Morgan fingerprint density at radius 3 is 2.61 bits per heavy atom. The lowest BCUT2D eigenvalue weighted by atomic mass is 10.2. The molecule has 1 atom stereocenters. The molecule has 0 aliphatic heterocycles. The quantitative estimate of drug-likeness (QED) is 0.873. The van der Waals surface area contributed by atoms with E-state index >= 15 is 0 Å². The van der Waals surface area contributed by atoms with Crippen molar-refractivity contribution in [1.29, 1.82) is 0 Å². The van der Waals surface area contributed by atoms with Crippen molar-refractivity contribution in [3.05, 3.63) is 34.9 Å². The van der Waals surface area contributed by atoms with Crippen molar-refractivity contribution in [2.75, 3.05) is 19.1 Å². The number of halogens is 1. The van der Waals surface area contributed by atoms with Crippen molar-refractivity contribution >= 4 is 29.3 Å². The van der Waals surface area contributed by atoms with Crippen LogP contribution in [0, 0.1) is 0 Å². The first kappa shape index (κ1) is 15.3. The van der Waals surface area contributed by atoms with Crippen molar-refractivity contribution in [3.8, 4) is 0 Å². The number of likely N-dealkylation sites (N-methyl/N-ethyl adjacent to an activating group) is 1. The van der Waals surface area contributed by atoms with Crippen LogP contribution >= 0.6 is 23.4 Å². The van der Waals surface area contributed by atoms with Gasteiger partial charge in [0.1, 0.15) is 0 Å². The molecule has 3 nitrogen and oxygen atoms in total. The fourth-order valence-corrected chi connectivity index (χ4v) is 2.21. The van der Waals surface area contributed by atoms with Gasteiger partial charge in [0.25, 0.3) is 0 Å². The van der Waals surface area contributed by atoms with Crippen molar-refractivity contribution in [2.45, 2.75) is 19.0 Å². The van der Waals surface area contributed by atoms with Crippen LogP contribution in [0.25, 0.3) is 0 Å². The summed E-state index contributed by atoms with van der Waals surface area (Å²) < 4.78 is 0. The van der Waals surface area contributed by atoms with Crippen LogP contribution in [0.4, 0.5) is 0 Å². The molecule has 0 radical (unpaired) electrons. The Hall–Kier alpha value is -0.710. The largest absolute Gasteiger partial charge is 0.340 e. The monoisotopic (exact) mass is 286 g/mol. The zero-order valence-corrected chi connectivity index (χ0v) is 12.3. The van der Waals surface area contributed by atoms with E-state index in [-0.39, 0.29) is 5.91 Å². The average Bonchev–Trinajstić information content (AvgIpc) is 2.37. The number of nitrogens with zero attached hydrogens (tertiary/aromatic N) is 1. The molecule has 0 spiro atoms. The molecule has 1 aromatic rings. The standard InChI is InChI=1S/C13H19ClN2OS/c1-16(13(17)12(15)7-8-18-2)9-10-3-5-11(14)6-4-10/h3-6,12H,7-9,15H2,1-2H3/t12-/m0/s1. The third-order valence-corrected chi connectivity index (χ3v) is 3.56. The molecule has 0 bridgehead atoms. The van der Waals surface area contributed by atoms with Gasteiger partial charge in [-0.25, -0.2) is 0 Å². The van der Waals surface area contributed by atoms with Gasteiger partial charge in [0.2, 0.25) is 5.91 Å². The van der Waals surface area contributed by atoms with Gasteiger partial charge in [-0.3, -0.25) is 4.79 Å². The summed E-state index contributed by atoms with van der Waals surface area (Å²) in [4.78, 5) is 13.6. The second kappa shape index (κ2) is 7.67. The Kier molecular flexibility index (Phi) is 6.54. The van der Waals surface area contributed by atoms with Crippen LogP contribution in [0.2, 0.25) is 5.02 Å². The lowest BCUT2D eigenvalue weighted by molar-refractivity contribution is -0.131. The molecule has 0 aliphatic rings. The van der Waals surface area contributed by atoms with E-state index in [0.717, 1.165) is 11.3 Å². The predicted octanol–water partition coefficient (Wildman–Crippen LogP) is 2.38. The van der Waals surface area contributed by atoms with E-state index in [4.69, 9.17) is 17.3 Å². The smallest absolute Gasteiger partial charge is 0.239 e. The highest BCUT2D eigenvalue weighted by Crippen LogP contribution is 2.11. The third kappa shape index (κ3) is 4.88. The van der Waals surface area contributed by atoms with E-state index in [1.807, 2.05) is 30.5 Å². The molecule has 5 heteroatoms. The lowest BCUT2D eigenvalue weighted by Crippen LogP contribution is -2.41. The van der Waals surface area contributed by atoms with Gasteiger partial charge in [-0.1, -0.05) is 23.7 Å². The summed E-state index contributed by atoms with van der Waals surface area (Å²) in [5.74, 6) is 0.890. The van der Waals surface area contributed by atoms with Crippen molar-refractivity contribution in [3.63, 3.8) is 0 Å². The van der Waals surface area contributed by atoms with Gasteiger partial charge in [0.05, 0.1) is 6.04 Å². The molecule has 0 heterocycles. The molecule has 1 aromatic carbocycles. The lowest BCUT2D eigenvalue weighted by Gasteiger charge is -2.21. The molecule has 0 aliphatic carbocycles. The number of benzene rings is 1. The second-order valence-corrected chi connectivity index (χ2v) is 5.63. The number of carbonyl (C=O) groups is 1. The van der Waals surface area contributed by atoms with Crippen LogP contribution in [0.5, 0.6) is 0 Å². The Bertz CT molecular complexity index is 383. The molecule has 0 aromatic heterocycles. The van der Waals surface area contributed by atoms with Gasteiger partial charge in [-0.05, 0) is 36.1 Å². The van der Waals surface area contributed by atoms with E-state index in [0.29, 0.717) is 18.0 Å². The fraction of sp³-hybridized carbons (Fsp3) is 0.462. The van der Waals surface area contributed by atoms with E-state index in [2.05, 4.69) is 0 Å². The van der Waals surface area contributed by atoms with E-state index in [1.54, 1.807) is 23.7 Å². The minimum absolute atomic E-state index is 0.0148. The van der Waals surface area contributed by atoms with Crippen molar-refractivity contribution in [2.24, 2.45) is 5.73 Å². The van der Waals surface area contributed by atoms with Crippen LogP contribution in [0.3, 0.4) is 0 Å². The number of carbonyl (C=O) groups excluding carboxylic acids is 1. The maximum absolute atomic E-state index is 12.0. The topological polar surface area (TPSA) is 46.3 Å². The van der Waals surface area contributed by atoms with Gasteiger partial charge < -0.3 is 10.6 Å². The maximum atomic E-state index is 12.0. The van der Waals surface area contributed by atoms with E-state index < -0.39 is 6.04 Å². The van der Waals surface area contributed by atoms with Crippen LogP contribution in [-0.4, -0.2) is 35.9 Å². The number of hydrogen-bond donors (Lipinski definition) is 1. The summed E-state index contributed by atoms with van der Waals surface area (Å²) in [6.07, 6.45) is 2.72. The first-order valence-electron chi connectivity index (χ1n) is 5.78. The van der Waals surface area contributed by atoms with Crippen LogP contribution in [0.15, 0.2) is 24.3 Å². The van der Waals surface area contributed by atoms with Crippen molar-refractivity contribution in [1.82, 2.24) is 4.90 Å². The summed E-state index contributed by atoms with van der Waals surface area (Å²) >= 11 is 7.51. The Labute approximate surface area is 118 Å². The molecule has 100 valence electrons. The minimum atomic E-state index is -0.408. The summed E-state index contributed by atoms with van der Waals surface area (Å²) in [5, 5.41) is 0.699. The van der Waals surface area contributed by atoms with Gasteiger partial charge in [-0.2, -0.15) is 11.8 Å². The average molecular weight is 287 g/mol. The first-order valence-corrected chi connectivity index (χ1v) is 7.55. The molecule has 0 unspecified atom stereocenters. The summed E-state index contributed by atoms with van der Waals surface area (Å²) in [5.41, 5.74) is 6.90. The highest BCUT2D eigenvalue weighted by atomic mass is 35.5. The Morgan fingerprint density at radius 2 is 2.06 bits per heavy atom. The highest BCUT2D eigenvalue weighted by Gasteiger charge is 2.17. The zero-order chi connectivity index (χ0) is 13.5. The molecule has 1 rings (SSSR count). The molecule has 0 saturated heterocycles. The summed E-state index contributed by atoms with van der Waals surface area (Å²) in [7, 11) is 1.77. The molecule has 2 N–H and O–H groups in total. The third-order valence-electron chi connectivity index (χ3n) is 2.66.